The van der Waals surface area contributed by atoms with Gasteiger partial charge in [-0.25, -0.2) is 9.97 Å². The van der Waals surface area contributed by atoms with Crippen LogP contribution < -0.4 is 80.2 Å². The minimum absolute atomic E-state index is 0.0363. The first-order chi connectivity index (χ1) is 51.5. The van der Waals surface area contributed by atoms with Crippen molar-refractivity contribution >= 4 is 118 Å². The number of carboxylic acid groups (broad SMARTS) is 4. The highest BCUT2D eigenvalue weighted by atomic mass is 32.2. The molecule has 45 heteroatoms. The summed E-state index contributed by atoms with van der Waals surface area (Å²) in [6, 6.07) is -23.2. The lowest BCUT2D eigenvalue weighted by Crippen LogP contribution is -2.63. The van der Waals surface area contributed by atoms with Crippen LogP contribution in [-0.2, 0) is 99.1 Å². The number of amides is 14. The summed E-state index contributed by atoms with van der Waals surface area (Å²) in [4.78, 5) is 252. The van der Waals surface area contributed by atoms with Crippen LogP contribution in [-0.4, -0.2) is 285 Å². The fourth-order valence-electron chi connectivity index (χ4n) is 9.98. The van der Waals surface area contributed by atoms with Gasteiger partial charge >= 0.3 is 23.9 Å². The first-order valence-electron chi connectivity index (χ1n) is 34.7. The highest BCUT2D eigenvalue weighted by Gasteiger charge is 2.40. The Bertz CT molecular complexity index is 3510. The van der Waals surface area contributed by atoms with Crippen LogP contribution in [0, 0.1) is 23.7 Å². The quantitative estimate of drug-likeness (QED) is 0.0292. The van der Waals surface area contributed by atoms with Crippen LogP contribution in [0.4, 0.5) is 0 Å². The van der Waals surface area contributed by atoms with Gasteiger partial charge < -0.3 is 126 Å². The molecule has 0 saturated carbocycles. The summed E-state index contributed by atoms with van der Waals surface area (Å²) < 4.78 is 0. The first-order valence-corrected chi connectivity index (χ1v) is 36.1. The molecule has 44 nitrogen and oxygen atoms in total. The molecule has 14 amide bonds. The summed E-state index contributed by atoms with van der Waals surface area (Å²) in [5, 5.41) is 101. The summed E-state index contributed by atoms with van der Waals surface area (Å²) in [5.41, 5.74) is 6.38. The number of imidazole rings is 2. The number of aliphatic hydroxyl groups is 3. The van der Waals surface area contributed by atoms with Gasteiger partial charge in [-0.1, -0.05) is 55.4 Å². The van der Waals surface area contributed by atoms with Crippen LogP contribution in [0.2, 0.25) is 0 Å². The maximum absolute atomic E-state index is 14.3. The molecule has 2 aromatic heterocycles. The molecule has 2 aromatic rings. The molecule has 0 aromatic carbocycles. The maximum Gasteiger partial charge on any atom is 0.325 e. The molecule has 0 bridgehead atoms. The number of hydrogen-bond acceptors (Lipinski definition) is 25. The third-order valence-electron chi connectivity index (χ3n) is 16.4. The maximum atomic E-state index is 14.3. The van der Waals surface area contributed by atoms with E-state index in [1.807, 2.05) is 21.3 Å². The lowest BCUT2D eigenvalue weighted by atomic mass is 9.97. The number of aromatic nitrogens is 4. The Morgan fingerprint density at radius 1 is 0.409 bits per heavy atom. The second kappa shape index (κ2) is 47.1. The average Bonchev–Trinajstić information content (AvgIpc) is 0.869. The zero-order valence-electron chi connectivity index (χ0n) is 62.4. The fraction of sp³-hybridized carbons (Fsp3) is 0.631. The molecule has 2 rings (SSSR count). The third kappa shape index (κ3) is 32.9. The molecular formula is C65H103N19O25S. The van der Waals surface area contributed by atoms with E-state index in [0.29, 0.717) is 11.4 Å². The summed E-state index contributed by atoms with van der Waals surface area (Å²) in [5.74, 6) is -24.7. The highest BCUT2D eigenvalue weighted by molar-refractivity contribution is 7.98. The van der Waals surface area contributed by atoms with E-state index >= 15 is 0 Å². The number of carbonyl (C=O) groups is 18. The molecule has 0 aliphatic heterocycles. The van der Waals surface area contributed by atoms with Gasteiger partial charge in [0.2, 0.25) is 82.7 Å². The van der Waals surface area contributed by atoms with Gasteiger partial charge in [-0.2, -0.15) is 11.8 Å². The van der Waals surface area contributed by atoms with Gasteiger partial charge in [0, 0.05) is 31.7 Å². The van der Waals surface area contributed by atoms with Crippen LogP contribution in [0.1, 0.15) is 113 Å². The SMILES string of the molecule is CSCC[C@H](NC(=O)[C@H](Cc1c[nH]cn1)NC(=O)[C@@H](N)[C@@H](C)O)C(=O)N[C@H](C(=O)N[C@H](C(=O)N[C@H](C(=O)N[C@H](C(=O)N[C@@H](CC(=O)O)C(=O)N[C@@H](CCC(=O)O)C(=O)N[C@@H](CO)C(=O)N[C@@H](CO)C(=O)NCC(=O)N[C@@H](CC(=O)O)C(=O)N[C@@H](Cc1c[nH]cn1)C(=O)N[C@@H](C)C(=O)O)C(C)C)C(C)C)C(C)C)C(C)C. The highest BCUT2D eigenvalue weighted by Crippen LogP contribution is 2.14. The van der Waals surface area contributed by atoms with E-state index in [-0.39, 0.29) is 25.0 Å². The van der Waals surface area contributed by atoms with Crippen molar-refractivity contribution in [3.63, 3.8) is 0 Å². The smallest absolute Gasteiger partial charge is 0.325 e. The van der Waals surface area contributed by atoms with E-state index in [9.17, 15) is 122 Å². The van der Waals surface area contributed by atoms with Gasteiger partial charge in [0.05, 0.1) is 62.7 Å². The molecule has 15 atom stereocenters. The normalized spacial score (nSPS) is 15.3. The van der Waals surface area contributed by atoms with Crippen LogP contribution in [0.3, 0.4) is 0 Å². The van der Waals surface area contributed by atoms with Crippen molar-refractivity contribution in [1.82, 2.24) is 94.4 Å². The van der Waals surface area contributed by atoms with Gasteiger partial charge in [0.25, 0.3) is 0 Å². The van der Waals surface area contributed by atoms with Crippen LogP contribution in [0.25, 0.3) is 0 Å². The molecule has 2 heterocycles. The number of carboxylic acids is 4. The predicted molar refractivity (Wildman–Crippen MR) is 384 cm³/mol. The van der Waals surface area contributed by atoms with E-state index in [0.717, 1.165) is 6.92 Å². The number of aliphatic carboxylic acids is 4. The van der Waals surface area contributed by atoms with Gasteiger partial charge in [-0.3, -0.25) is 86.3 Å². The first kappa shape index (κ1) is 95.1. The van der Waals surface area contributed by atoms with Crippen LogP contribution in [0.15, 0.2) is 25.0 Å². The minimum Gasteiger partial charge on any atom is -0.481 e. The van der Waals surface area contributed by atoms with Crippen molar-refractivity contribution < 1.29 is 122 Å². The summed E-state index contributed by atoms with van der Waals surface area (Å²) in [7, 11) is 0. The number of nitrogens with zero attached hydrogens (tertiary/aromatic N) is 2. The molecule has 0 saturated heterocycles. The zero-order chi connectivity index (χ0) is 83.6. The standard InChI is InChI=1S/C65H103N19O25S/c1-27(2)48(82-63(106)50(29(5)6)84-64(107)51(30(7)8)83-62(105)49(28(3)4)81-54(97)36(14-15-110-11)75-56(99)38(17-34-21-68-26-71-34)77-60(103)47(66)32(10)87)61(104)78-40(19-46(93)94)58(101)74-35(12-13-44(89)90)53(96)80-42(24-86)59(102)79-41(23-85)52(95)69-22-43(88)73-39(18-45(91)92)57(100)76-37(16-33-20-67-25-70-33)55(98)72-31(9)65(108)109/h20-21,25-32,35-42,47-51,85-87H,12-19,22-24,66H2,1-11H3,(H,67,70)(H,68,71)(H,69,95)(H,72,98)(H,73,88)(H,74,101)(H,75,99)(H,76,100)(H,77,103)(H,78,104)(H,79,102)(H,80,96)(H,81,97)(H,82,106)(H,83,105)(H,84,107)(H,89,90)(H,91,92)(H,93,94)(H,108,109)/t31-,32+,35-,36-,37-,38-,39-,40-,41-,42-,47-,48-,49-,50-,51-/m0/s1. The van der Waals surface area contributed by atoms with Crippen molar-refractivity contribution in [3.05, 3.63) is 36.4 Å². The van der Waals surface area contributed by atoms with Crippen molar-refractivity contribution in [2.75, 3.05) is 31.8 Å². The average molecular weight is 1580 g/mol. The number of aromatic amines is 2. The van der Waals surface area contributed by atoms with Crippen LogP contribution in [0.5, 0.6) is 0 Å². The number of nitrogens with two attached hydrogens (primary N) is 1. The van der Waals surface area contributed by atoms with E-state index in [2.05, 4.69) is 73.1 Å². The minimum atomic E-state index is -2.12. The molecule has 0 aliphatic rings. The number of aliphatic hydroxyl groups excluding tert-OH is 3. The van der Waals surface area contributed by atoms with E-state index in [1.54, 1.807) is 34.0 Å². The predicted octanol–water partition coefficient (Wildman–Crippen LogP) is -8.67. The Hall–Kier alpha value is -10.9. The van der Waals surface area contributed by atoms with E-state index < -0.39 is 266 Å². The topological polar surface area (TPSA) is 701 Å². The Balaban J connectivity index is 2.29. The van der Waals surface area contributed by atoms with Crippen molar-refractivity contribution in [2.24, 2.45) is 29.4 Å². The molecule has 25 N–H and O–H groups in total. The summed E-state index contributed by atoms with van der Waals surface area (Å²) in [6.45, 7) is 11.0. The third-order valence-corrected chi connectivity index (χ3v) is 17.0. The molecule has 614 valence electrons. The van der Waals surface area contributed by atoms with Gasteiger partial charge in [0.15, 0.2) is 0 Å². The second-order valence-electron chi connectivity index (χ2n) is 26.8. The molecule has 0 unspecified atom stereocenters. The molecule has 0 aliphatic carbocycles. The fourth-order valence-corrected chi connectivity index (χ4v) is 10.5. The molecule has 0 fully saturated rings. The van der Waals surface area contributed by atoms with E-state index in [4.69, 9.17) is 5.73 Å². The van der Waals surface area contributed by atoms with Gasteiger partial charge in [0.1, 0.15) is 84.6 Å². The number of thioether (sulfide) groups is 1. The number of hydrogen-bond donors (Lipinski definition) is 24. The number of nitrogens with one attached hydrogen (secondary N) is 16. The zero-order valence-corrected chi connectivity index (χ0v) is 63.2. The lowest BCUT2D eigenvalue weighted by Gasteiger charge is -2.31. The van der Waals surface area contributed by atoms with Crippen molar-refractivity contribution in [2.45, 2.75) is 205 Å². The Morgan fingerprint density at radius 2 is 0.736 bits per heavy atom. The van der Waals surface area contributed by atoms with E-state index in [1.165, 1.54) is 71.4 Å². The Labute approximate surface area is 635 Å². The molecule has 0 radical (unpaired) electrons. The van der Waals surface area contributed by atoms with Gasteiger partial charge in [-0.15, -0.1) is 0 Å². The van der Waals surface area contributed by atoms with Crippen molar-refractivity contribution in [1.29, 1.82) is 0 Å². The number of H-pyrrole nitrogens is 2. The summed E-state index contributed by atoms with van der Waals surface area (Å²) >= 11 is 1.34. The number of rotatable bonds is 50. The molecule has 110 heavy (non-hydrogen) atoms. The monoisotopic (exact) mass is 1580 g/mol. The molecule has 0 spiro atoms. The summed E-state index contributed by atoms with van der Waals surface area (Å²) in [6.07, 6.45) is 1.34. The number of carbonyl (C=O) groups excluding carboxylic acids is 14. The second-order valence-corrected chi connectivity index (χ2v) is 27.8. The lowest BCUT2D eigenvalue weighted by molar-refractivity contribution is -0.143. The Kier molecular flexibility index (Phi) is 40.7. The largest absolute Gasteiger partial charge is 0.481 e. The van der Waals surface area contributed by atoms with Gasteiger partial charge in [-0.05, 0) is 62.4 Å². The molecular weight excluding hydrogens is 1480 g/mol. The van der Waals surface area contributed by atoms with Crippen LogP contribution >= 0.6 is 11.8 Å². The van der Waals surface area contributed by atoms with Crippen molar-refractivity contribution in [3.8, 4) is 0 Å². The Morgan fingerprint density at radius 3 is 1.11 bits per heavy atom.